The fourth-order valence-electron chi connectivity index (χ4n) is 2.40. The number of aliphatic hydroxyl groups excluding tert-OH is 4. The lowest BCUT2D eigenvalue weighted by atomic mass is 9.99. The van der Waals surface area contributed by atoms with Gasteiger partial charge in [0.15, 0.2) is 17.6 Å². The summed E-state index contributed by atoms with van der Waals surface area (Å²) in [5.74, 6) is -1.26. The number of hydrogen-bond donors (Lipinski definition) is 6. The number of ether oxygens (including phenoxy) is 3. The van der Waals surface area contributed by atoms with Gasteiger partial charge in [-0.25, -0.2) is 4.79 Å². The normalized spacial score (nSPS) is 30.6. The number of carboxylic acids is 1. The minimum atomic E-state index is -1.81. The summed E-state index contributed by atoms with van der Waals surface area (Å²) in [6.07, 6.45) is -9.51. The number of carboxylic acid groups (broad SMARTS) is 1. The van der Waals surface area contributed by atoms with E-state index in [-0.39, 0.29) is 18.0 Å². The van der Waals surface area contributed by atoms with E-state index in [4.69, 9.17) is 25.1 Å². The van der Waals surface area contributed by atoms with E-state index in [2.05, 4.69) is 0 Å². The Labute approximate surface area is 143 Å². The molecule has 0 bridgehead atoms. The van der Waals surface area contributed by atoms with Crippen molar-refractivity contribution in [2.75, 3.05) is 13.7 Å². The van der Waals surface area contributed by atoms with E-state index in [1.807, 2.05) is 0 Å². The topological polar surface area (TPSA) is 172 Å². The first-order valence-electron chi connectivity index (χ1n) is 7.45. The predicted octanol–water partition coefficient (Wildman–Crippen LogP) is -2.04. The lowest BCUT2D eigenvalue weighted by Gasteiger charge is -2.38. The standard InChI is InChI=1S/C15H21NO9/c1-23-9-4-6(7(17)5-16)2-3-8(9)24-15-12(20)10(18)11(19)13(25-15)14(21)22/h2-4,7,10-13,15,17-20H,5,16H2,1H3,(H,21,22)/t7?,10-,11-,12+,13-,15+/m0/s1. The van der Waals surface area contributed by atoms with Gasteiger partial charge in [-0.1, -0.05) is 6.07 Å². The molecule has 25 heavy (non-hydrogen) atoms. The SMILES string of the molecule is COc1cc(C(O)CN)ccc1O[C@@H]1O[C@H](C(=O)O)[C@@H](O)[C@H](O)[C@H]1O. The molecule has 140 valence electrons. The summed E-state index contributed by atoms with van der Waals surface area (Å²) >= 11 is 0. The third-order valence-corrected chi connectivity index (χ3v) is 3.85. The van der Waals surface area contributed by atoms with E-state index >= 15 is 0 Å². The summed E-state index contributed by atoms with van der Waals surface area (Å²) < 4.78 is 15.6. The van der Waals surface area contributed by atoms with Gasteiger partial charge < -0.3 is 45.5 Å². The first-order chi connectivity index (χ1) is 11.8. The van der Waals surface area contributed by atoms with E-state index in [0.29, 0.717) is 5.56 Å². The summed E-state index contributed by atoms with van der Waals surface area (Å²) in [5, 5.41) is 48.2. The number of nitrogens with two attached hydrogens (primary N) is 1. The van der Waals surface area contributed by atoms with Crippen LogP contribution >= 0.6 is 0 Å². The molecule has 0 radical (unpaired) electrons. The molecule has 7 N–H and O–H groups in total. The fourth-order valence-corrected chi connectivity index (χ4v) is 2.40. The predicted molar refractivity (Wildman–Crippen MR) is 82.0 cm³/mol. The summed E-state index contributed by atoms with van der Waals surface area (Å²) in [5.41, 5.74) is 5.86. The number of carbonyl (C=O) groups is 1. The van der Waals surface area contributed by atoms with E-state index in [1.54, 1.807) is 0 Å². The highest BCUT2D eigenvalue weighted by Crippen LogP contribution is 2.33. The van der Waals surface area contributed by atoms with Crippen LogP contribution in [-0.4, -0.2) is 75.9 Å². The average Bonchev–Trinajstić information content (AvgIpc) is 2.61. The van der Waals surface area contributed by atoms with Crippen LogP contribution in [0.1, 0.15) is 11.7 Å². The zero-order valence-corrected chi connectivity index (χ0v) is 13.3. The second kappa shape index (κ2) is 7.95. The second-order valence-corrected chi connectivity index (χ2v) is 5.51. The summed E-state index contributed by atoms with van der Waals surface area (Å²) in [7, 11) is 1.34. The number of aliphatic hydroxyl groups is 4. The Hall–Kier alpha value is -1.95. The molecule has 1 unspecified atom stereocenters. The first kappa shape index (κ1) is 19.4. The van der Waals surface area contributed by atoms with Crippen molar-refractivity contribution in [3.63, 3.8) is 0 Å². The van der Waals surface area contributed by atoms with E-state index in [9.17, 15) is 25.2 Å². The van der Waals surface area contributed by atoms with Gasteiger partial charge in [-0.3, -0.25) is 0 Å². The molecule has 10 nitrogen and oxygen atoms in total. The number of benzene rings is 1. The molecule has 1 heterocycles. The number of aliphatic carboxylic acids is 1. The average molecular weight is 359 g/mol. The zero-order chi connectivity index (χ0) is 18.7. The Morgan fingerprint density at radius 1 is 1.24 bits per heavy atom. The Morgan fingerprint density at radius 2 is 1.92 bits per heavy atom. The van der Waals surface area contributed by atoms with E-state index in [1.165, 1.54) is 25.3 Å². The highest BCUT2D eigenvalue weighted by atomic mass is 16.7. The van der Waals surface area contributed by atoms with Crippen molar-refractivity contribution in [2.45, 2.75) is 36.8 Å². The zero-order valence-electron chi connectivity index (χ0n) is 13.3. The molecule has 1 aliphatic heterocycles. The molecule has 1 fully saturated rings. The monoisotopic (exact) mass is 359 g/mol. The van der Waals surface area contributed by atoms with Crippen LogP contribution in [0.4, 0.5) is 0 Å². The van der Waals surface area contributed by atoms with Crippen molar-refractivity contribution >= 4 is 5.97 Å². The van der Waals surface area contributed by atoms with Crippen LogP contribution in [0.5, 0.6) is 11.5 Å². The van der Waals surface area contributed by atoms with Crippen molar-refractivity contribution in [3.05, 3.63) is 23.8 Å². The first-order valence-corrected chi connectivity index (χ1v) is 7.45. The largest absolute Gasteiger partial charge is 0.493 e. The Kier molecular flexibility index (Phi) is 6.16. The van der Waals surface area contributed by atoms with Crippen LogP contribution in [0.25, 0.3) is 0 Å². The third kappa shape index (κ3) is 4.00. The Bertz CT molecular complexity index is 611. The van der Waals surface area contributed by atoms with Crippen LogP contribution in [0, 0.1) is 0 Å². The molecule has 10 heteroatoms. The van der Waals surface area contributed by atoms with Crippen LogP contribution in [0.2, 0.25) is 0 Å². The van der Waals surface area contributed by atoms with Crippen LogP contribution < -0.4 is 15.2 Å². The van der Waals surface area contributed by atoms with Crippen molar-refractivity contribution in [3.8, 4) is 11.5 Å². The van der Waals surface area contributed by atoms with Gasteiger partial charge in [-0.2, -0.15) is 0 Å². The van der Waals surface area contributed by atoms with E-state index in [0.717, 1.165) is 0 Å². The minimum Gasteiger partial charge on any atom is -0.493 e. The molecular formula is C15H21NO9. The van der Waals surface area contributed by atoms with Gasteiger partial charge in [0.1, 0.15) is 18.3 Å². The van der Waals surface area contributed by atoms with Crippen molar-refractivity contribution < 1.29 is 44.5 Å². The molecule has 1 aliphatic rings. The Morgan fingerprint density at radius 3 is 2.48 bits per heavy atom. The molecular weight excluding hydrogens is 338 g/mol. The summed E-state index contributed by atoms with van der Waals surface area (Å²) in [6.45, 7) is -0.00180. The molecule has 2 rings (SSSR count). The van der Waals surface area contributed by atoms with Crippen LogP contribution in [0.3, 0.4) is 0 Å². The van der Waals surface area contributed by atoms with Crippen molar-refractivity contribution in [2.24, 2.45) is 5.73 Å². The van der Waals surface area contributed by atoms with Crippen LogP contribution in [-0.2, 0) is 9.53 Å². The lowest BCUT2D eigenvalue weighted by Crippen LogP contribution is -2.61. The third-order valence-electron chi connectivity index (χ3n) is 3.85. The Balaban J connectivity index is 2.24. The molecule has 0 aromatic heterocycles. The molecule has 6 atom stereocenters. The maximum atomic E-state index is 11.1. The molecule has 1 aromatic rings. The smallest absolute Gasteiger partial charge is 0.335 e. The summed E-state index contributed by atoms with van der Waals surface area (Å²) in [4.78, 5) is 11.1. The molecule has 1 aromatic carbocycles. The van der Waals surface area contributed by atoms with Gasteiger partial charge >= 0.3 is 5.97 Å². The molecule has 1 saturated heterocycles. The van der Waals surface area contributed by atoms with Gasteiger partial charge in [-0.05, 0) is 17.7 Å². The maximum absolute atomic E-state index is 11.1. The highest BCUT2D eigenvalue weighted by molar-refractivity contribution is 5.73. The van der Waals surface area contributed by atoms with Gasteiger partial charge in [0.05, 0.1) is 13.2 Å². The molecule has 0 aliphatic carbocycles. The van der Waals surface area contributed by atoms with Crippen molar-refractivity contribution in [1.82, 2.24) is 0 Å². The van der Waals surface area contributed by atoms with Crippen LogP contribution in [0.15, 0.2) is 18.2 Å². The maximum Gasteiger partial charge on any atom is 0.335 e. The fraction of sp³-hybridized carbons (Fsp3) is 0.533. The van der Waals surface area contributed by atoms with Gasteiger partial charge in [0.2, 0.25) is 6.29 Å². The summed E-state index contributed by atoms with van der Waals surface area (Å²) in [6, 6.07) is 4.38. The number of rotatable bonds is 6. The number of hydrogen-bond acceptors (Lipinski definition) is 9. The van der Waals surface area contributed by atoms with Gasteiger partial charge in [-0.15, -0.1) is 0 Å². The van der Waals surface area contributed by atoms with E-state index < -0.39 is 42.8 Å². The second-order valence-electron chi connectivity index (χ2n) is 5.51. The van der Waals surface area contributed by atoms with Gasteiger partial charge in [0, 0.05) is 6.54 Å². The molecule has 0 saturated carbocycles. The number of methoxy groups -OCH3 is 1. The highest BCUT2D eigenvalue weighted by Gasteiger charge is 2.48. The molecule has 0 amide bonds. The lowest BCUT2D eigenvalue weighted by molar-refractivity contribution is -0.271. The minimum absolute atomic E-state index is 0.00180. The quantitative estimate of drug-likeness (QED) is 0.332. The van der Waals surface area contributed by atoms with Gasteiger partial charge in [0.25, 0.3) is 0 Å². The van der Waals surface area contributed by atoms with Crippen molar-refractivity contribution in [1.29, 1.82) is 0 Å². The molecule has 0 spiro atoms.